The molecule has 140 valence electrons. The standard InChI is InChI=1S/C16H19N3O5S2/c1-19(2)16(21)10-6-7-11(24-3)13(9-10)26(22,23)18-15(20)14(17)12-5-4-8-25-12/h4-9,14H,17H2,1-3H3,(H,18,20). The van der Waals surface area contributed by atoms with E-state index >= 15 is 0 Å². The summed E-state index contributed by atoms with van der Waals surface area (Å²) in [6.07, 6.45) is 0. The van der Waals surface area contributed by atoms with E-state index in [9.17, 15) is 18.0 Å². The third-order valence-corrected chi connectivity index (χ3v) is 5.80. The summed E-state index contributed by atoms with van der Waals surface area (Å²) in [7, 11) is 0.0903. The number of amides is 2. The van der Waals surface area contributed by atoms with Crippen LogP contribution in [0.4, 0.5) is 0 Å². The van der Waals surface area contributed by atoms with Crippen molar-refractivity contribution < 1.29 is 22.7 Å². The fourth-order valence-electron chi connectivity index (χ4n) is 2.13. The number of nitrogens with two attached hydrogens (primary N) is 1. The summed E-state index contributed by atoms with van der Waals surface area (Å²) in [4.78, 5) is 25.8. The van der Waals surface area contributed by atoms with Gasteiger partial charge in [-0.2, -0.15) is 0 Å². The fraction of sp³-hybridized carbons (Fsp3) is 0.250. The quantitative estimate of drug-likeness (QED) is 0.749. The van der Waals surface area contributed by atoms with Crippen molar-refractivity contribution in [2.45, 2.75) is 10.9 Å². The molecular formula is C16H19N3O5S2. The molecule has 2 rings (SSSR count). The van der Waals surface area contributed by atoms with E-state index in [1.165, 1.54) is 35.5 Å². The predicted molar refractivity (Wildman–Crippen MR) is 97.6 cm³/mol. The van der Waals surface area contributed by atoms with Crippen LogP contribution in [-0.4, -0.2) is 46.3 Å². The summed E-state index contributed by atoms with van der Waals surface area (Å²) in [5, 5.41) is 1.73. The van der Waals surface area contributed by atoms with Crippen molar-refractivity contribution in [1.82, 2.24) is 9.62 Å². The van der Waals surface area contributed by atoms with Crippen LogP contribution in [0.2, 0.25) is 0 Å². The number of carbonyl (C=O) groups excluding carboxylic acids is 2. The Bertz CT molecular complexity index is 908. The maximum atomic E-state index is 12.7. The molecule has 1 aromatic heterocycles. The van der Waals surface area contributed by atoms with Gasteiger partial charge in [0.15, 0.2) is 0 Å². The van der Waals surface area contributed by atoms with E-state index in [2.05, 4.69) is 0 Å². The van der Waals surface area contributed by atoms with Crippen molar-refractivity contribution in [3.8, 4) is 5.75 Å². The second-order valence-electron chi connectivity index (χ2n) is 5.53. The second-order valence-corrected chi connectivity index (χ2v) is 8.16. The number of nitrogens with one attached hydrogen (secondary N) is 1. The third kappa shape index (κ3) is 4.21. The van der Waals surface area contributed by atoms with Crippen LogP contribution < -0.4 is 15.2 Å². The number of methoxy groups -OCH3 is 1. The Morgan fingerprint density at radius 2 is 1.96 bits per heavy atom. The van der Waals surface area contributed by atoms with Gasteiger partial charge in [-0.3, -0.25) is 9.59 Å². The van der Waals surface area contributed by atoms with Gasteiger partial charge in [-0.05, 0) is 29.6 Å². The molecular weight excluding hydrogens is 378 g/mol. The van der Waals surface area contributed by atoms with Crippen molar-refractivity contribution >= 4 is 33.2 Å². The number of sulfonamides is 1. The van der Waals surface area contributed by atoms with Crippen LogP contribution in [0.15, 0.2) is 40.6 Å². The van der Waals surface area contributed by atoms with Crippen LogP contribution in [-0.2, 0) is 14.8 Å². The van der Waals surface area contributed by atoms with Crippen LogP contribution >= 0.6 is 11.3 Å². The number of thiophene rings is 1. The Morgan fingerprint density at radius 1 is 1.27 bits per heavy atom. The van der Waals surface area contributed by atoms with Gasteiger partial charge < -0.3 is 15.4 Å². The summed E-state index contributed by atoms with van der Waals surface area (Å²) in [5.74, 6) is -1.25. The van der Waals surface area contributed by atoms with Crippen LogP contribution in [0.3, 0.4) is 0 Å². The van der Waals surface area contributed by atoms with Gasteiger partial charge in [-0.15, -0.1) is 11.3 Å². The first kappa shape index (κ1) is 19.9. The zero-order valence-electron chi connectivity index (χ0n) is 14.4. The van der Waals surface area contributed by atoms with Gasteiger partial charge in [0.2, 0.25) is 0 Å². The molecule has 8 nitrogen and oxygen atoms in total. The number of benzene rings is 1. The maximum absolute atomic E-state index is 12.7. The van der Waals surface area contributed by atoms with E-state index in [4.69, 9.17) is 10.5 Å². The molecule has 0 radical (unpaired) electrons. The highest BCUT2D eigenvalue weighted by Gasteiger charge is 2.27. The fourth-order valence-corrected chi connectivity index (χ4v) is 4.05. The average Bonchev–Trinajstić information content (AvgIpc) is 3.13. The first-order valence-electron chi connectivity index (χ1n) is 7.42. The molecule has 3 N–H and O–H groups in total. The van der Waals surface area contributed by atoms with Crippen molar-refractivity contribution in [1.29, 1.82) is 0 Å². The van der Waals surface area contributed by atoms with E-state index in [0.29, 0.717) is 4.88 Å². The number of carbonyl (C=O) groups is 2. The van der Waals surface area contributed by atoms with Gasteiger partial charge in [0.05, 0.1) is 7.11 Å². The van der Waals surface area contributed by atoms with Crippen LogP contribution in [0.25, 0.3) is 0 Å². The number of hydrogen-bond donors (Lipinski definition) is 2. The molecule has 0 spiro atoms. The molecule has 10 heteroatoms. The largest absolute Gasteiger partial charge is 0.495 e. The molecule has 1 aromatic carbocycles. The van der Waals surface area contributed by atoms with Gasteiger partial charge >= 0.3 is 0 Å². The molecule has 0 fully saturated rings. The summed E-state index contributed by atoms with van der Waals surface area (Å²) in [6, 6.07) is 6.18. The van der Waals surface area contributed by atoms with Crippen molar-refractivity contribution in [2.75, 3.05) is 21.2 Å². The Kier molecular flexibility index (Phi) is 6.01. The zero-order chi connectivity index (χ0) is 19.5. The SMILES string of the molecule is COc1ccc(C(=O)N(C)C)cc1S(=O)(=O)NC(=O)C(N)c1cccs1. The Morgan fingerprint density at radius 3 is 2.50 bits per heavy atom. The highest BCUT2D eigenvalue weighted by molar-refractivity contribution is 7.90. The van der Waals surface area contributed by atoms with E-state index in [0.717, 1.165) is 6.07 Å². The smallest absolute Gasteiger partial charge is 0.267 e. The van der Waals surface area contributed by atoms with Gasteiger partial charge in [-0.1, -0.05) is 6.07 Å². The summed E-state index contributed by atoms with van der Waals surface area (Å²) < 4.78 is 32.3. The molecule has 0 aliphatic rings. The van der Waals surface area contributed by atoms with Gasteiger partial charge in [-0.25, -0.2) is 13.1 Å². The predicted octanol–water partition coefficient (Wildman–Crippen LogP) is 0.963. The van der Waals surface area contributed by atoms with E-state index in [1.807, 2.05) is 4.72 Å². The van der Waals surface area contributed by atoms with Crippen LogP contribution in [0.1, 0.15) is 21.3 Å². The minimum atomic E-state index is -4.29. The average molecular weight is 397 g/mol. The minimum Gasteiger partial charge on any atom is -0.495 e. The maximum Gasteiger partial charge on any atom is 0.267 e. The van der Waals surface area contributed by atoms with Gasteiger partial charge in [0.25, 0.3) is 21.8 Å². The molecule has 1 atom stereocenters. The topological polar surface area (TPSA) is 119 Å². The van der Waals surface area contributed by atoms with E-state index in [1.54, 1.807) is 31.6 Å². The number of hydrogen-bond acceptors (Lipinski definition) is 7. The minimum absolute atomic E-state index is 0.00491. The first-order valence-corrected chi connectivity index (χ1v) is 9.79. The molecule has 1 unspecified atom stereocenters. The van der Waals surface area contributed by atoms with Crippen LogP contribution in [0.5, 0.6) is 5.75 Å². The lowest BCUT2D eigenvalue weighted by Crippen LogP contribution is -2.38. The molecule has 0 aliphatic heterocycles. The van der Waals surface area contributed by atoms with E-state index < -0.39 is 22.0 Å². The lowest BCUT2D eigenvalue weighted by Gasteiger charge is -2.15. The van der Waals surface area contributed by atoms with Gasteiger partial charge in [0.1, 0.15) is 16.7 Å². The Labute approximate surface area is 155 Å². The summed E-state index contributed by atoms with van der Waals surface area (Å²) in [5.41, 5.74) is 5.94. The lowest BCUT2D eigenvalue weighted by molar-refractivity contribution is -0.120. The molecule has 2 aromatic rings. The molecule has 0 saturated carbocycles. The second kappa shape index (κ2) is 7.85. The monoisotopic (exact) mass is 397 g/mol. The summed E-state index contributed by atoms with van der Waals surface area (Å²) >= 11 is 1.24. The zero-order valence-corrected chi connectivity index (χ0v) is 16.1. The third-order valence-electron chi connectivity index (χ3n) is 3.47. The van der Waals surface area contributed by atoms with Crippen molar-refractivity contribution in [3.63, 3.8) is 0 Å². The molecule has 0 bridgehead atoms. The molecule has 2 amide bonds. The molecule has 0 aliphatic carbocycles. The van der Waals surface area contributed by atoms with Crippen molar-refractivity contribution in [3.05, 3.63) is 46.2 Å². The van der Waals surface area contributed by atoms with Crippen LogP contribution in [0, 0.1) is 0 Å². The normalized spacial score (nSPS) is 12.3. The Balaban J connectivity index is 2.36. The molecule has 1 heterocycles. The molecule has 0 saturated heterocycles. The number of rotatable bonds is 6. The van der Waals surface area contributed by atoms with Crippen molar-refractivity contribution in [2.24, 2.45) is 5.73 Å². The highest BCUT2D eigenvalue weighted by Crippen LogP contribution is 2.26. The summed E-state index contributed by atoms with van der Waals surface area (Å²) in [6.45, 7) is 0. The number of nitrogens with zero attached hydrogens (tertiary/aromatic N) is 1. The van der Waals surface area contributed by atoms with Gasteiger partial charge in [0, 0.05) is 24.5 Å². The number of ether oxygens (including phenoxy) is 1. The highest BCUT2D eigenvalue weighted by atomic mass is 32.2. The molecule has 26 heavy (non-hydrogen) atoms. The first-order chi connectivity index (χ1) is 12.2. The lowest BCUT2D eigenvalue weighted by atomic mass is 10.2. The Hall–Kier alpha value is -2.43. The van der Waals surface area contributed by atoms with E-state index in [-0.39, 0.29) is 22.1 Å².